The van der Waals surface area contributed by atoms with Gasteiger partial charge in [-0.1, -0.05) is 23.7 Å². The van der Waals surface area contributed by atoms with E-state index >= 15 is 0 Å². The predicted molar refractivity (Wildman–Crippen MR) is 114 cm³/mol. The fraction of sp³-hybridized carbons (Fsp3) is 0.182. The molecule has 1 aromatic heterocycles. The Labute approximate surface area is 182 Å². The zero-order chi connectivity index (χ0) is 22.4. The van der Waals surface area contributed by atoms with Gasteiger partial charge in [-0.2, -0.15) is 13.2 Å². The number of amides is 1. The van der Waals surface area contributed by atoms with Crippen LogP contribution in [-0.2, 0) is 10.9 Å². The number of nitrogens with one attached hydrogen (secondary N) is 2. The summed E-state index contributed by atoms with van der Waals surface area (Å²) in [5.41, 5.74) is 1.15. The number of nitrogens with zero attached hydrogens (tertiary/aromatic N) is 1. The van der Waals surface area contributed by atoms with E-state index in [1.807, 2.05) is 0 Å². The van der Waals surface area contributed by atoms with Crippen LogP contribution < -0.4 is 10.6 Å². The smallest absolute Gasteiger partial charge is 0.383 e. The molecule has 0 aliphatic carbocycles. The van der Waals surface area contributed by atoms with Crippen molar-refractivity contribution in [1.82, 2.24) is 4.98 Å². The third-order valence-electron chi connectivity index (χ3n) is 4.37. The van der Waals surface area contributed by atoms with Crippen LogP contribution >= 0.6 is 11.6 Å². The Morgan fingerprint density at radius 3 is 2.65 bits per heavy atom. The molecule has 1 amide bonds. The summed E-state index contributed by atoms with van der Waals surface area (Å²) in [5.74, 6) is -0.557. The Morgan fingerprint density at radius 2 is 1.94 bits per heavy atom. The Hall–Kier alpha value is -3.10. The molecular weight excluding hydrogens is 431 g/mol. The number of hydrogen-bond acceptors (Lipinski definition) is 4. The minimum atomic E-state index is -4.50. The summed E-state index contributed by atoms with van der Waals surface area (Å²) in [4.78, 5) is 17.1. The molecule has 0 bridgehead atoms. The summed E-state index contributed by atoms with van der Waals surface area (Å²) in [6.07, 6.45) is -2.90. The first-order valence-electron chi connectivity index (χ1n) is 9.26. The van der Waals surface area contributed by atoms with Crippen molar-refractivity contribution in [3.05, 3.63) is 76.9 Å². The van der Waals surface area contributed by atoms with Gasteiger partial charge >= 0.3 is 6.18 Å². The maximum absolute atomic E-state index is 13.0. The molecule has 0 saturated heterocycles. The highest BCUT2D eigenvalue weighted by Crippen LogP contribution is 2.32. The predicted octanol–water partition coefficient (Wildman–Crippen LogP) is 5.73. The van der Waals surface area contributed by atoms with Gasteiger partial charge in [-0.25, -0.2) is 0 Å². The quantitative estimate of drug-likeness (QED) is 0.452. The molecule has 0 aliphatic heterocycles. The van der Waals surface area contributed by atoms with Crippen LogP contribution in [0.1, 0.15) is 15.9 Å². The average Bonchev–Trinajstić information content (AvgIpc) is 2.74. The molecule has 31 heavy (non-hydrogen) atoms. The molecule has 9 heteroatoms. The number of pyridine rings is 1. The van der Waals surface area contributed by atoms with Crippen molar-refractivity contribution < 1.29 is 22.7 Å². The van der Waals surface area contributed by atoms with Gasteiger partial charge in [0.25, 0.3) is 5.91 Å². The zero-order valence-electron chi connectivity index (χ0n) is 16.5. The van der Waals surface area contributed by atoms with Gasteiger partial charge in [0.15, 0.2) is 0 Å². The van der Waals surface area contributed by atoms with Crippen LogP contribution in [0.4, 0.5) is 24.5 Å². The monoisotopic (exact) mass is 449 g/mol. The Bertz CT molecular complexity index is 1070. The topological polar surface area (TPSA) is 63.2 Å². The van der Waals surface area contributed by atoms with Crippen LogP contribution in [0.2, 0.25) is 5.02 Å². The SMILES string of the molecule is COCCNc1cc(-c2ncccc2Cl)ccc1C(=O)Nc1cccc(C(F)(F)F)c1. The van der Waals surface area contributed by atoms with Crippen LogP contribution in [0.5, 0.6) is 0 Å². The minimum Gasteiger partial charge on any atom is -0.383 e. The molecule has 3 aromatic rings. The van der Waals surface area contributed by atoms with E-state index in [0.717, 1.165) is 12.1 Å². The maximum Gasteiger partial charge on any atom is 0.416 e. The molecular formula is C22H19ClF3N3O2. The number of methoxy groups -OCH3 is 1. The van der Waals surface area contributed by atoms with Crippen molar-refractivity contribution in [3.63, 3.8) is 0 Å². The second-order valence-electron chi connectivity index (χ2n) is 6.55. The minimum absolute atomic E-state index is 0.0412. The maximum atomic E-state index is 13.0. The van der Waals surface area contributed by atoms with Gasteiger partial charge in [-0.15, -0.1) is 0 Å². The largest absolute Gasteiger partial charge is 0.416 e. The molecule has 0 atom stereocenters. The number of benzene rings is 2. The van der Waals surface area contributed by atoms with Crippen LogP contribution in [0, 0.1) is 0 Å². The summed E-state index contributed by atoms with van der Waals surface area (Å²) < 4.78 is 43.9. The molecule has 5 nitrogen and oxygen atoms in total. The first kappa shape index (κ1) is 22.6. The third-order valence-corrected chi connectivity index (χ3v) is 4.67. The third kappa shape index (κ3) is 5.74. The van der Waals surface area contributed by atoms with E-state index in [1.165, 1.54) is 12.1 Å². The lowest BCUT2D eigenvalue weighted by atomic mass is 10.0. The number of carbonyl (C=O) groups excluding carboxylic acids is 1. The lowest BCUT2D eigenvalue weighted by Crippen LogP contribution is -2.17. The fourth-order valence-corrected chi connectivity index (χ4v) is 3.12. The molecule has 0 saturated carbocycles. The number of anilines is 2. The van der Waals surface area contributed by atoms with Crippen molar-refractivity contribution in [2.24, 2.45) is 0 Å². The molecule has 0 unspecified atom stereocenters. The highest BCUT2D eigenvalue weighted by molar-refractivity contribution is 6.33. The van der Waals surface area contributed by atoms with Gasteiger partial charge in [0, 0.05) is 36.8 Å². The van der Waals surface area contributed by atoms with E-state index in [9.17, 15) is 18.0 Å². The molecule has 0 aliphatic rings. The summed E-state index contributed by atoms with van der Waals surface area (Å²) >= 11 is 6.23. The van der Waals surface area contributed by atoms with E-state index in [-0.39, 0.29) is 11.3 Å². The normalized spacial score (nSPS) is 11.3. The summed E-state index contributed by atoms with van der Waals surface area (Å²) in [6, 6.07) is 12.8. The molecule has 1 heterocycles. The van der Waals surface area contributed by atoms with Crippen LogP contribution in [0.3, 0.4) is 0 Å². The Kier molecular flexibility index (Phi) is 7.14. The van der Waals surface area contributed by atoms with E-state index < -0.39 is 17.6 Å². The first-order valence-corrected chi connectivity index (χ1v) is 9.64. The summed E-state index contributed by atoms with van der Waals surface area (Å²) in [6.45, 7) is 0.809. The van der Waals surface area contributed by atoms with Crippen molar-refractivity contribution in [2.75, 3.05) is 30.9 Å². The number of rotatable bonds is 7. The number of carbonyl (C=O) groups is 1. The van der Waals surface area contributed by atoms with E-state index in [0.29, 0.717) is 35.1 Å². The lowest BCUT2D eigenvalue weighted by Gasteiger charge is -2.15. The molecule has 0 fully saturated rings. The molecule has 0 radical (unpaired) electrons. The van der Waals surface area contributed by atoms with E-state index in [2.05, 4.69) is 15.6 Å². The van der Waals surface area contributed by atoms with Crippen molar-refractivity contribution in [1.29, 1.82) is 0 Å². The molecule has 2 aromatic carbocycles. The van der Waals surface area contributed by atoms with Gasteiger partial charge < -0.3 is 15.4 Å². The average molecular weight is 450 g/mol. The standard InChI is InChI=1S/C22H19ClF3N3O2/c1-31-11-10-27-19-12-14(20-18(23)6-3-9-28-20)7-8-17(19)21(30)29-16-5-2-4-15(13-16)22(24,25)26/h2-9,12-13,27H,10-11H2,1H3,(H,29,30). The van der Waals surface area contributed by atoms with Gasteiger partial charge in [0.1, 0.15) is 0 Å². The van der Waals surface area contributed by atoms with Gasteiger partial charge in [-0.05, 0) is 42.5 Å². The fourth-order valence-electron chi connectivity index (χ4n) is 2.89. The van der Waals surface area contributed by atoms with Crippen molar-refractivity contribution in [3.8, 4) is 11.3 Å². The number of alkyl halides is 3. The van der Waals surface area contributed by atoms with Crippen molar-refractivity contribution in [2.45, 2.75) is 6.18 Å². The summed E-state index contributed by atoms with van der Waals surface area (Å²) in [5, 5.41) is 6.08. The summed E-state index contributed by atoms with van der Waals surface area (Å²) in [7, 11) is 1.55. The van der Waals surface area contributed by atoms with Gasteiger partial charge in [-0.3, -0.25) is 9.78 Å². The number of halogens is 4. The highest BCUT2D eigenvalue weighted by atomic mass is 35.5. The highest BCUT2D eigenvalue weighted by Gasteiger charge is 2.30. The molecule has 2 N–H and O–H groups in total. The lowest BCUT2D eigenvalue weighted by molar-refractivity contribution is -0.137. The number of ether oxygens (including phenoxy) is 1. The Balaban J connectivity index is 1.91. The van der Waals surface area contributed by atoms with Crippen LogP contribution in [0.25, 0.3) is 11.3 Å². The van der Waals surface area contributed by atoms with E-state index in [4.69, 9.17) is 16.3 Å². The van der Waals surface area contributed by atoms with Gasteiger partial charge in [0.05, 0.1) is 28.5 Å². The number of hydrogen-bond donors (Lipinski definition) is 2. The van der Waals surface area contributed by atoms with Gasteiger partial charge in [0.2, 0.25) is 0 Å². The van der Waals surface area contributed by atoms with Crippen LogP contribution in [-0.4, -0.2) is 31.2 Å². The first-order chi connectivity index (χ1) is 14.8. The van der Waals surface area contributed by atoms with E-state index in [1.54, 1.807) is 43.6 Å². The van der Waals surface area contributed by atoms with Crippen LogP contribution in [0.15, 0.2) is 60.8 Å². The second-order valence-corrected chi connectivity index (χ2v) is 6.95. The molecule has 0 spiro atoms. The molecule has 3 rings (SSSR count). The Morgan fingerprint density at radius 1 is 1.13 bits per heavy atom. The number of aromatic nitrogens is 1. The second kappa shape index (κ2) is 9.80. The van der Waals surface area contributed by atoms with Crippen molar-refractivity contribution >= 4 is 28.9 Å². The zero-order valence-corrected chi connectivity index (χ0v) is 17.2. The molecule has 162 valence electrons.